The topological polar surface area (TPSA) is 385 Å². The van der Waals surface area contributed by atoms with E-state index in [1.54, 1.807) is 13.8 Å². The van der Waals surface area contributed by atoms with Crippen molar-refractivity contribution in [3.05, 3.63) is 0 Å². The fraction of sp³-hybridized carbons (Fsp3) is 0.697. The lowest BCUT2D eigenvalue weighted by Gasteiger charge is -2.27. The van der Waals surface area contributed by atoms with Gasteiger partial charge in [-0.1, -0.05) is 13.8 Å². The Labute approximate surface area is 322 Å². The number of rotatable bonds is 25. The molecule has 23 nitrogen and oxygen atoms in total. The number of carbonyl (C=O) groups excluding carboxylic acids is 8. The Morgan fingerprint density at radius 2 is 1.29 bits per heavy atom. The van der Waals surface area contributed by atoms with Crippen LogP contribution in [0.5, 0.6) is 0 Å². The summed E-state index contributed by atoms with van der Waals surface area (Å²) in [5.41, 5.74) is 16.5. The van der Waals surface area contributed by atoms with Crippen LogP contribution in [0.15, 0.2) is 0 Å². The number of nitrogens with zero attached hydrogens (tertiary/aromatic N) is 1. The molecule has 1 rings (SSSR count). The van der Waals surface area contributed by atoms with Gasteiger partial charge in [0.25, 0.3) is 0 Å². The maximum absolute atomic E-state index is 13.5. The van der Waals surface area contributed by atoms with Gasteiger partial charge < -0.3 is 69.3 Å². The van der Waals surface area contributed by atoms with Crippen molar-refractivity contribution in [2.24, 2.45) is 23.1 Å². The van der Waals surface area contributed by atoms with Gasteiger partial charge in [-0.05, 0) is 57.9 Å². The second kappa shape index (κ2) is 24.2. The molecule has 23 heteroatoms. The number of carbonyl (C=O) groups is 10. The number of aliphatic hydroxyl groups is 1. The summed E-state index contributed by atoms with van der Waals surface area (Å²) in [6.45, 7) is 3.46. The normalized spacial score (nSPS) is 16.9. The van der Waals surface area contributed by atoms with Gasteiger partial charge in [0.2, 0.25) is 47.3 Å². The van der Waals surface area contributed by atoms with Crippen molar-refractivity contribution >= 4 is 59.2 Å². The van der Waals surface area contributed by atoms with Gasteiger partial charge in [0.1, 0.15) is 36.3 Å². The molecule has 0 aromatic heterocycles. The van der Waals surface area contributed by atoms with E-state index in [0.717, 1.165) is 4.90 Å². The summed E-state index contributed by atoms with van der Waals surface area (Å²) in [5, 5.41) is 42.3. The van der Waals surface area contributed by atoms with Gasteiger partial charge in [-0.2, -0.15) is 0 Å². The molecule has 7 atom stereocenters. The summed E-state index contributed by atoms with van der Waals surface area (Å²) in [4.78, 5) is 127. The minimum atomic E-state index is -1.82. The first-order chi connectivity index (χ1) is 26.2. The number of aliphatic carboxylic acids is 2. The lowest BCUT2D eigenvalue weighted by molar-refractivity contribution is -0.149. The molecule has 0 saturated carbocycles. The Bertz CT molecular complexity index is 1440. The number of primary amides is 1. The lowest BCUT2D eigenvalue weighted by Crippen LogP contribution is -2.59. The Morgan fingerprint density at radius 3 is 1.80 bits per heavy atom. The van der Waals surface area contributed by atoms with Crippen molar-refractivity contribution in [2.45, 2.75) is 114 Å². The molecule has 0 aromatic rings. The number of aliphatic hydroxyl groups excluding tert-OH is 1. The maximum atomic E-state index is 13.5. The van der Waals surface area contributed by atoms with Crippen LogP contribution in [-0.2, 0) is 47.9 Å². The third-order valence-corrected chi connectivity index (χ3v) is 8.44. The highest BCUT2D eigenvalue weighted by molar-refractivity contribution is 5.98. The lowest BCUT2D eigenvalue weighted by atomic mass is 10.0. The average Bonchev–Trinajstić information content (AvgIpc) is 3.61. The smallest absolute Gasteiger partial charge is 0.326 e. The Balaban J connectivity index is 3.13. The molecule has 0 spiro atoms. The number of unbranched alkanes of at least 4 members (excludes halogenated alkanes) is 1. The van der Waals surface area contributed by atoms with Crippen LogP contribution in [0.1, 0.15) is 72.1 Å². The molecule has 0 bridgehead atoms. The van der Waals surface area contributed by atoms with Crippen LogP contribution in [-0.4, -0.2) is 148 Å². The molecule has 1 fully saturated rings. The van der Waals surface area contributed by atoms with Gasteiger partial charge in [-0.25, -0.2) is 4.79 Å². The van der Waals surface area contributed by atoms with Crippen molar-refractivity contribution in [3.63, 3.8) is 0 Å². The predicted molar refractivity (Wildman–Crippen MR) is 194 cm³/mol. The second-order valence-electron chi connectivity index (χ2n) is 13.8. The molecular formula is C33H56N10O13. The van der Waals surface area contributed by atoms with Crippen LogP contribution in [0.25, 0.3) is 0 Å². The van der Waals surface area contributed by atoms with Crippen LogP contribution < -0.4 is 49.1 Å². The zero-order valence-corrected chi connectivity index (χ0v) is 31.7. The zero-order valence-electron chi connectivity index (χ0n) is 31.7. The summed E-state index contributed by atoms with van der Waals surface area (Å²) in [5.74, 6) is -10.6. The van der Waals surface area contributed by atoms with Gasteiger partial charge >= 0.3 is 11.9 Å². The van der Waals surface area contributed by atoms with Crippen molar-refractivity contribution in [1.29, 1.82) is 0 Å². The number of carboxylic acids is 2. The fourth-order valence-corrected chi connectivity index (χ4v) is 5.59. The third kappa shape index (κ3) is 16.9. The van der Waals surface area contributed by atoms with Gasteiger partial charge in [-0.3, -0.25) is 43.2 Å². The van der Waals surface area contributed by atoms with Crippen LogP contribution in [0, 0.1) is 5.92 Å². The molecule has 8 amide bonds. The second-order valence-corrected chi connectivity index (χ2v) is 13.8. The molecule has 56 heavy (non-hydrogen) atoms. The van der Waals surface area contributed by atoms with Crippen LogP contribution in [0.4, 0.5) is 0 Å². The summed E-state index contributed by atoms with van der Waals surface area (Å²) in [7, 11) is 0. The first kappa shape index (κ1) is 48.6. The maximum Gasteiger partial charge on any atom is 0.326 e. The van der Waals surface area contributed by atoms with E-state index >= 15 is 0 Å². The first-order valence-electron chi connectivity index (χ1n) is 18.1. The average molecular weight is 801 g/mol. The number of carboxylic acid groups (broad SMARTS) is 2. The van der Waals surface area contributed by atoms with Crippen LogP contribution in [0.2, 0.25) is 0 Å². The van der Waals surface area contributed by atoms with Crippen molar-refractivity contribution in [1.82, 2.24) is 36.8 Å². The number of hydrogen-bond donors (Lipinski definition) is 12. The van der Waals surface area contributed by atoms with E-state index in [1.807, 2.05) is 0 Å². The van der Waals surface area contributed by atoms with E-state index in [9.17, 15) is 63.3 Å². The number of amides is 8. The summed E-state index contributed by atoms with van der Waals surface area (Å²) in [6, 6.07) is -9.76. The molecule has 1 aliphatic rings. The van der Waals surface area contributed by atoms with E-state index in [-0.39, 0.29) is 44.7 Å². The molecule has 0 aromatic carbocycles. The minimum absolute atomic E-state index is 0.0800. The fourth-order valence-electron chi connectivity index (χ4n) is 5.59. The molecule has 0 radical (unpaired) electrons. The Kier molecular flexibility index (Phi) is 21.0. The van der Waals surface area contributed by atoms with Gasteiger partial charge in [0, 0.05) is 6.54 Å². The van der Waals surface area contributed by atoms with E-state index in [1.165, 1.54) is 6.92 Å². The molecule has 1 aliphatic heterocycles. The highest BCUT2D eigenvalue weighted by atomic mass is 16.4. The van der Waals surface area contributed by atoms with E-state index in [2.05, 4.69) is 31.9 Å². The summed E-state index contributed by atoms with van der Waals surface area (Å²) in [6.07, 6.45) is -0.514. The Morgan fingerprint density at radius 1 is 0.732 bits per heavy atom. The van der Waals surface area contributed by atoms with Crippen molar-refractivity contribution in [3.8, 4) is 0 Å². The quantitative estimate of drug-likeness (QED) is 0.0383. The van der Waals surface area contributed by atoms with Gasteiger partial charge in [0.15, 0.2) is 0 Å². The molecule has 1 saturated heterocycles. The number of nitrogens with two attached hydrogens (primary N) is 3. The monoisotopic (exact) mass is 800 g/mol. The minimum Gasteiger partial charge on any atom is -0.481 e. The highest BCUT2D eigenvalue weighted by Crippen LogP contribution is 2.18. The number of nitrogens with one attached hydrogen (secondary N) is 6. The third-order valence-electron chi connectivity index (χ3n) is 8.44. The molecular weight excluding hydrogens is 744 g/mol. The standard InChI is InChI=1S/C33H56N10O13/c1-16(2)11-19(40-27(49)17(3)35)30(52)41-20(12-24(36)45)31(53)39-18(7-4-5-9-34)29(51)42-21(13-26(47)48)28(50)37-14-25(46)38-22(15-44)32(54)43-10-6-8-23(43)33(55)56/h16-23,44H,4-15,34-35H2,1-3H3,(H2,36,45)(H,37,50)(H,38,46)(H,39,53)(H,40,49)(H,41,52)(H,42,51)(H,47,48)(H,55,56)/t17-,18-,19-,20-,21-,22-,23-/m0/s1. The number of hydrogen-bond acceptors (Lipinski definition) is 13. The molecule has 0 aliphatic carbocycles. The van der Waals surface area contributed by atoms with Crippen molar-refractivity contribution < 1.29 is 63.3 Å². The highest BCUT2D eigenvalue weighted by Gasteiger charge is 2.38. The summed E-state index contributed by atoms with van der Waals surface area (Å²) < 4.78 is 0. The van der Waals surface area contributed by atoms with Crippen LogP contribution >= 0.6 is 0 Å². The summed E-state index contributed by atoms with van der Waals surface area (Å²) >= 11 is 0. The molecule has 316 valence electrons. The molecule has 15 N–H and O–H groups in total. The van der Waals surface area contributed by atoms with Crippen LogP contribution in [0.3, 0.4) is 0 Å². The van der Waals surface area contributed by atoms with Gasteiger partial charge in [0.05, 0.1) is 32.0 Å². The van der Waals surface area contributed by atoms with E-state index < -0.39 is 127 Å². The number of likely N-dealkylation sites (tertiary alicyclic amines) is 1. The SMILES string of the molecule is CC(C)C[C@H](NC(=O)[C@H](C)N)C(=O)N[C@@H](CC(N)=O)C(=O)N[C@@H](CCCCN)C(=O)N[C@@H](CC(=O)O)C(=O)NCC(=O)N[C@@H](CO)C(=O)N1CCC[C@H]1C(=O)O. The molecule has 0 unspecified atom stereocenters. The first-order valence-corrected chi connectivity index (χ1v) is 18.1. The van der Waals surface area contributed by atoms with Gasteiger partial charge in [-0.15, -0.1) is 0 Å². The van der Waals surface area contributed by atoms with E-state index in [0.29, 0.717) is 12.8 Å². The Hall–Kier alpha value is -5.42. The zero-order chi connectivity index (χ0) is 42.7. The van der Waals surface area contributed by atoms with E-state index in [4.69, 9.17) is 17.2 Å². The predicted octanol–water partition coefficient (Wildman–Crippen LogP) is -5.53. The van der Waals surface area contributed by atoms with Crippen molar-refractivity contribution in [2.75, 3.05) is 26.2 Å². The molecule has 1 heterocycles. The largest absolute Gasteiger partial charge is 0.481 e.